The normalized spacial score (nSPS) is 10.6. The van der Waals surface area contributed by atoms with E-state index >= 15 is 0 Å². The van der Waals surface area contributed by atoms with Crippen LogP contribution in [0.3, 0.4) is 0 Å². The van der Waals surface area contributed by atoms with E-state index in [1.807, 2.05) is 0 Å². The molecular formula is C4H4Br2O. The van der Waals surface area contributed by atoms with Crippen molar-refractivity contribution in [3.8, 4) is 0 Å². The summed E-state index contributed by atoms with van der Waals surface area (Å²) in [5.74, 6) is 0. The second kappa shape index (κ2) is 2.62. The van der Waals surface area contributed by atoms with Gasteiger partial charge < -0.3 is 4.79 Å². The van der Waals surface area contributed by atoms with Crippen molar-refractivity contribution >= 4 is 38.1 Å². The van der Waals surface area contributed by atoms with Crippen molar-refractivity contribution in [2.75, 3.05) is 0 Å². The fraction of sp³-hybridized carbons (Fsp3) is 0.250. The van der Waals surface area contributed by atoms with E-state index in [0.29, 0.717) is 6.29 Å². The first-order valence-corrected chi connectivity index (χ1v) is 3.19. The number of alkyl halides is 2. The summed E-state index contributed by atoms with van der Waals surface area (Å²) in [5, 5.41) is 0. The molecule has 1 nitrogen and oxygen atoms in total. The fourth-order valence-electron chi connectivity index (χ4n) is 0.0481. The molecule has 0 spiro atoms. The highest BCUT2D eigenvalue weighted by molar-refractivity contribution is 9.26. The molecule has 7 heavy (non-hydrogen) atoms. The Balaban J connectivity index is 3.82. The summed E-state index contributed by atoms with van der Waals surface area (Å²) in [6, 6.07) is 0. The van der Waals surface area contributed by atoms with Crippen LogP contribution in [0.25, 0.3) is 0 Å². The second-order valence-corrected chi connectivity index (χ2v) is 4.69. The molecule has 0 aliphatic carbocycles. The van der Waals surface area contributed by atoms with E-state index in [-0.39, 0.29) is 0 Å². The van der Waals surface area contributed by atoms with E-state index in [2.05, 4.69) is 38.4 Å². The number of aldehydes is 1. The zero-order chi connectivity index (χ0) is 5.91. The molecule has 40 valence electrons. The molecular weight excluding hydrogens is 224 g/mol. The van der Waals surface area contributed by atoms with Crippen LogP contribution in [0, 0.1) is 0 Å². The Hall–Kier alpha value is 0.370. The predicted octanol–water partition coefficient (Wildman–Crippen LogP) is 1.86. The van der Waals surface area contributed by atoms with Gasteiger partial charge in [0.25, 0.3) is 0 Å². The number of halogens is 2. The number of hydrogen-bond donors (Lipinski definition) is 0. The third-order valence-electron chi connectivity index (χ3n) is 0.429. The second-order valence-electron chi connectivity index (χ2n) is 0.997. The number of allylic oxidation sites excluding steroid dienone is 1. The molecule has 0 aliphatic heterocycles. The zero-order valence-electron chi connectivity index (χ0n) is 3.53. The smallest absolute Gasteiger partial charge is 0.153 e. The summed E-state index contributed by atoms with van der Waals surface area (Å²) in [7, 11) is 0. The summed E-state index contributed by atoms with van der Waals surface area (Å²) in [5.41, 5.74) is 0. The zero-order valence-corrected chi connectivity index (χ0v) is 6.70. The molecule has 0 aliphatic rings. The van der Waals surface area contributed by atoms with E-state index in [0.717, 1.165) is 0 Å². The maximum absolute atomic E-state index is 9.89. The standard InChI is InChI=1S/C4H4Br2O/c1-2-4(5,6)3-7/h2-3H,1H2. The molecule has 0 saturated heterocycles. The van der Waals surface area contributed by atoms with Crippen molar-refractivity contribution in [3.05, 3.63) is 12.7 Å². The lowest BCUT2D eigenvalue weighted by molar-refractivity contribution is -0.107. The van der Waals surface area contributed by atoms with Crippen LogP contribution in [-0.2, 0) is 4.79 Å². The van der Waals surface area contributed by atoms with Gasteiger partial charge >= 0.3 is 0 Å². The topological polar surface area (TPSA) is 17.1 Å². The molecule has 0 unspecified atom stereocenters. The highest BCUT2D eigenvalue weighted by atomic mass is 79.9. The SMILES string of the molecule is C=CC(Br)(Br)C=O. The van der Waals surface area contributed by atoms with Gasteiger partial charge in [-0.2, -0.15) is 0 Å². The van der Waals surface area contributed by atoms with Crippen molar-refractivity contribution < 1.29 is 4.79 Å². The minimum absolute atomic E-state index is 0.708. The largest absolute Gasteiger partial charge is 0.300 e. The Labute approximate surface area is 59.0 Å². The Kier molecular flexibility index (Phi) is 2.76. The average molecular weight is 228 g/mol. The Bertz CT molecular complexity index is 77.7. The minimum Gasteiger partial charge on any atom is -0.300 e. The molecule has 0 aromatic heterocycles. The van der Waals surface area contributed by atoms with Gasteiger partial charge in [-0.05, 0) is 0 Å². The summed E-state index contributed by atoms with van der Waals surface area (Å²) in [4.78, 5) is 9.89. The Morgan fingerprint density at radius 1 is 1.57 bits per heavy atom. The molecule has 0 saturated carbocycles. The van der Waals surface area contributed by atoms with E-state index in [9.17, 15) is 4.79 Å². The van der Waals surface area contributed by atoms with Gasteiger partial charge in [-0.25, -0.2) is 0 Å². The van der Waals surface area contributed by atoms with Gasteiger partial charge in [0.1, 0.15) is 0 Å². The number of carbonyl (C=O) groups excluding carboxylic acids is 1. The van der Waals surface area contributed by atoms with E-state index in [1.54, 1.807) is 0 Å². The van der Waals surface area contributed by atoms with Crippen LogP contribution in [0.15, 0.2) is 12.7 Å². The van der Waals surface area contributed by atoms with Gasteiger partial charge in [-0.1, -0.05) is 37.9 Å². The number of carbonyl (C=O) groups is 1. The van der Waals surface area contributed by atoms with Gasteiger partial charge in [-0.3, -0.25) is 0 Å². The molecule has 0 aromatic rings. The summed E-state index contributed by atoms with van der Waals surface area (Å²) >= 11 is 6.02. The number of rotatable bonds is 2. The highest BCUT2D eigenvalue weighted by Crippen LogP contribution is 2.23. The Morgan fingerprint density at radius 2 is 2.00 bits per heavy atom. The van der Waals surface area contributed by atoms with Crippen molar-refractivity contribution in [1.29, 1.82) is 0 Å². The highest BCUT2D eigenvalue weighted by Gasteiger charge is 2.14. The van der Waals surface area contributed by atoms with Crippen molar-refractivity contribution in [2.24, 2.45) is 0 Å². The summed E-state index contributed by atoms with van der Waals surface area (Å²) in [6.45, 7) is 3.38. The molecule has 0 heterocycles. The van der Waals surface area contributed by atoms with E-state index in [1.165, 1.54) is 6.08 Å². The first-order valence-electron chi connectivity index (χ1n) is 1.60. The van der Waals surface area contributed by atoms with Crippen LogP contribution in [0.2, 0.25) is 0 Å². The number of hydrogen-bond acceptors (Lipinski definition) is 1. The van der Waals surface area contributed by atoms with Crippen molar-refractivity contribution in [1.82, 2.24) is 0 Å². The molecule has 0 rings (SSSR count). The molecule has 0 fully saturated rings. The third-order valence-corrected chi connectivity index (χ3v) is 1.45. The van der Waals surface area contributed by atoms with E-state index in [4.69, 9.17) is 0 Å². The first-order chi connectivity index (χ1) is 3.12. The van der Waals surface area contributed by atoms with E-state index < -0.39 is 3.23 Å². The van der Waals surface area contributed by atoms with Crippen LogP contribution in [-0.4, -0.2) is 9.52 Å². The molecule has 0 radical (unpaired) electrons. The molecule has 0 atom stereocenters. The third kappa shape index (κ3) is 3.00. The van der Waals surface area contributed by atoms with Crippen LogP contribution >= 0.6 is 31.9 Å². The van der Waals surface area contributed by atoms with Crippen molar-refractivity contribution in [3.63, 3.8) is 0 Å². The van der Waals surface area contributed by atoms with Gasteiger partial charge in [0.2, 0.25) is 0 Å². The van der Waals surface area contributed by atoms with Crippen molar-refractivity contribution in [2.45, 2.75) is 3.23 Å². The molecule has 0 amide bonds. The molecule has 0 bridgehead atoms. The maximum Gasteiger partial charge on any atom is 0.153 e. The quantitative estimate of drug-likeness (QED) is 0.400. The summed E-state index contributed by atoms with van der Waals surface area (Å²) < 4.78 is -0.708. The van der Waals surface area contributed by atoms with Gasteiger partial charge in [0.15, 0.2) is 9.52 Å². The lowest BCUT2D eigenvalue weighted by atomic mass is 10.5. The average Bonchev–Trinajstić information content (AvgIpc) is 1.68. The Morgan fingerprint density at radius 3 is 2.00 bits per heavy atom. The van der Waals surface area contributed by atoms with Crippen LogP contribution < -0.4 is 0 Å². The maximum atomic E-state index is 9.89. The predicted molar refractivity (Wildman–Crippen MR) is 36.8 cm³/mol. The lowest BCUT2D eigenvalue weighted by Gasteiger charge is -2.00. The molecule has 0 aromatic carbocycles. The minimum atomic E-state index is -0.708. The first kappa shape index (κ1) is 7.37. The molecule has 0 N–H and O–H groups in total. The summed E-state index contributed by atoms with van der Waals surface area (Å²) in [6.07, 6.45) is 2.17. The van der Waals surface area contributed by atoms with Gasteiger partial charge in [0.05, 0.1) is 0 Å². The monoisotopic (exact) mass is 226 g/mol. The fourth-order valence-corrected chi connectivity index (χ4v) is 0.0481. The molecule has 3 heteroatoms. The van der Waals surface area contributed by atoms with Crippen LogP contribution in [0.1, 0.15) is 0 Å². The van der Waals surface area contributed by atoms with Crippen LogP contribution in [0.4, 0.5) is 0 Å². The van der Waals surface area contributed by atoms with Crippen LogP contribution in [0.5, 0.6) is 0 Å². The van der Waals surface area contributed by atoms with Gasteiger partial charge in [-0.15, -0.1) is 6.58 Å². The van der Waals surface area contributed by atoms with Gasteiger partial charge in [0, 0.05) is 0 Å². The lowest BCUT2D eigenvalue weighted by Crippen LogP contribution is -2.06.